The molecule has 0 fully saturated rings. The van der Waals surface area contributed by atoms with Crippen molar-refractivity contribution in [2.75, 3.05) is 0 Å². The molecule has 1 aliphatic rings. The van der Waals surface area contributed by atoms with Gasteiger partial charge in [0.25, 0.3) is 0 Å². The van der Waals surface area contributed by atoms with Gasteiger partial charge in [0.15, 0.2) is 0 Å². The molecule has 0 amide bonds. The molecule has 0 saturated heterocycles. The van der Waals surface area contributed by atoms with Crippen LogP contribution in [-0.2, 0) is 0 Å². The van der Waals surface area contributed by atoms with Gasteiger partial charge in [-0.1, -0.05) is 127 Å². The van der Waals surface area contributed by atoms with Crippen LogP contribution < -0.4 is 5.32 Å². The highest BCUT2D eigenvalue weighted by molar-refractivity contribution is 6.14. The van der Waals surface area contributed by atoms with Gasteiger partial charge in [-0.15, -0.1) is 0 Å². The van der Waals surface area contributed by atoms with Crippen LogP contribution in [0.1, 0.15) is 22.9 Å². The Morgan fingerprint density at radius 3 is 1.84 bits per heavy atom. The van der Waals surface area contributed by atoms with E-state index in [9.17, 15) is 0 Å². The summed E-state index contributed by atoms with van der Waals surface area (Å²) in [6, 6.07) is 68.6. The molecule has 62 heavy (non-hydrogen) atoms. The minimum absolute atomic E-state index is 0.0581. The number of nitrogens with zero attached hydrogens (tertiary/aromatic N) is 5. The molecular formula is C56H38N6. The second-order valence-corrected chi connectivity index (χ2v) is 15.7. The van der Waals surface area contributed by atoms with Crippen molar-refractivity contribution < 1.29 is 0 Å². The number of nitrogens with one attached hydrogen (secondary N) is 1. The van der Waals surface area contributed by atoms with Crippen molar-refractivity contribution in [1.29, 1.82) is 0 Å². The molecule has 0 bridgehead atoms. The quantitative estimate of drug-likeness (QED) is 0.175. The van der Waals surface area contributed by atoms with Crippen LogP contribution >= 0.6 is 0 Å². The molecule has 6 heterocycles. The molecule has 12 rings (SSSR count). The van der Waals surface area contributed by atoms with Gasteiger partial charge in [-0.2, -0.15) is 0 Å². The Morgan fingerprint density at radius 2 is 1.08 bits per heavy atom. The zero-order valence-corrected chi connectivity index (χ0v) is 33.6. The fourth-order valence-corrected chi connectivity index (χ4v) is 9.33. The Labute approximate surface area is 358 Å². The van der Waals surface area contributed by atoms with Crippen molar-refractivity contribution in [2.45, 2.75) is 6.04 Å². The zero-order chi connectivity index (χ0) is 41.0. The third-order valence-electron chi connectivity index (χ3n) is 12.1. The predicted octanol–water partition coefficient (Wildman–Crippen LogP) is 13.2. The Kier molecular flexibility index (Phi) is 8.45. The SMILES string of the molecule is C1=Cc2c(c3ccccc3n2-c2ccc(-c3cc(-c4ccc(-n5c6ccccc6c6c(-c7ccccc7)nccc65)cc4)nc(-c4ccccn4)c3)cc2)C(c2ccccc2)N1. The number of benzene rings is 6. The molecule has 6 nitrogen and oxygen atoms in total. The van der Waals surface area contributed by atoms with Crippen LogP contribution in [0.5, 0.6) is 0 Å². The fraction of sp³-hybridized carbons (Fsp3) is 0.0179. The third-order valence-corrected chi connectivity index (χ3v) is 12.1. The number of aromatic nitrogens is 5. The summed E-state index contributed by atoms with van der Waals surface area (Å²) in [5.74, 6) is 0. The van der Waals surface area contributed by atoms with Gasteiger partial charge in [-0.25, -0.2) is 4.98 Å². The van der Waals surface area contributed by atoms with E-state index in [0.717, 1.165) is 72.8 Å². The fourth-order valence-electron chi connectivity index (χ4n) is 9.33. The van der Waals surface area contributed by atoms with Crippen molar-refractivity contribution in [3.8, 4) is 56.4 Å². The lowest BCUT2D eigenvalue weighted by atomic mass is 9.94. The van der Waals surface area contributed by atoms with Gasteiger partial charge in [0.2, 0.25) is 0 Å². The van der Waals surface area contributed by atoms with E-state index >= 15 is 0 Å². The highest BCUT2D eigenvalue weighted by Crippen LogP contribution is 2.41. The molecule has 11 aromatic rings. The number of hydrogen-bond donors (Lipinski definition) is 1. The number of pyridine rings is 3. The minimum Gasteiger partial charge on any atom is -0.380 e. The Balaban J connectivity index is 0.942. The van der Waals surface area contributed by atoms with Gasteiger partial charge < -0.3 is 14.5 Å². The number of hydrogen-bond acceptors (Lipinski definition) is 4. The summed E-state index contributed by atoms with van der Waals surface area (Å²) in [7, 11) is 0. The van der Waals surface area contributed by atoms with Crippen LogP contribution in [0.2, 0.25) is 0 Å². The summed E-state index contributed by atoms with van der Waals surface area (Å²) in [5, 5.41) is 7.21. The molecule has 6 aromatic carbocycles. The summed E-state index contributed by atoms with van der Waals surface area (Å²) in [6.45, 7) is 0. The van der Waals surface area contributed by atoms with Gasteiger partial charge in [-0.3, -0.25) is 9.97 Å². The first-order chi connectivity index (χ1) is 30.8. The van der Waals surface area contributed by atoms with Crippen molar-refractivity contribution in [3.05, 3.63) is 230 Å². The molecule has 0 aliphatic carbocycles. The molecule has 1 unspecified atom stereocenters. The van der Waals surface area contributed by atoms with E-state index in [0.29, 0.717) is 0 Å². The topological polar surface area (TPSA) is 60.6 Å². The zero-order valence-electron chi connectivity index (χ0n) is 33.6. The maximum Gasteiger partial charge on any atom is 0.0899 e. The highest BCUT2D eigenvalue weighted by atomic mass is 15.0. The van der Waals surface area contributed by atoms with Gasteiger partial charge in [-0.05, 0) is 95.7 Å². The summed E-state index contributed by atoms with van der Waals surface area (Å²) >= 11 is 0. The monoisotopic (exact) mass is 794 g/mol. The molecule has 5 aromatic heterocycles. The minimum atomic E-state index is 0.0581. The molecule has 1 atom stereocenters. The van der Waals surface area contributed by atoms with Crippen LogP contribution in [0.4, 0.5) is 0 Å². The lowest BCUT2D eigenvalue weighted by molar-refractivity contribution is 0.722. The van der Waals surface area contributed by atoms with Crippen molar-refractivity contribution >= 4 is 38.8 Å². The van der Waals surface area contributed by atoms with Gasteiger partial charge >= 0.3 is 0 Å². The molecular weight excluding hydrogens is 757 g/mol. The van der Waals surface area contributed by atoms with Crippen LogP contribution in [0.3, 0.4) is 0 Å². The van der Waals surface area contributed by atoms with Crippen LogP contribution in [0, 0.1) is 0 Å². The van der Waals surface area contributed by atoms with Gasteiger partial charge in [0.1, 0.15) is 0 Å². The molecule has 292 valence electrons. The standard InChI is InChI=1S/C56H38N6/c1-3-13-39(14-4-1)55-53-44-17-7-9-20-49(44)61(51(53)30-33-58-55)42-26-22-37(23-27-42)41-35-47(60-48(36-41)46-19-11-12-32-57-46)38-24-28-43(29-25-38)62-50-21-10-8-18-45(50)54-52(62)31-34-59-56(54)40-15-5-2-6-16-40/h1-36,55,58H. The second-order valence-electron chi connectivity index (χ2n) is 15.7. The molecule has 6 heteroatoms. The van der Waals surface area contributed by atoms with E-state index in [1.54, 1.807) is 0 Å². The Hall–Kier alpha value is -8.35. The van der Waals surface area contributed by atoms with Crippen LogP contribution in [0.25, 0.3) is 95.2 Å². The van der Waals surface area contributed by atoms with Crippen LogP contribution in [0.15, 0.2) is 213 Å². The molecule has 1 aliphatic heterocycles. The van der Waals surface area contributed by atoms with E-state index in [-0.39, 0.29) is 6.04 Å². The maximum absolute atomic E-state index is 5.21. The smallest absolute Gasteiger partial charge is 0.0899 e. The molecule has 0 spiro atoms. The Bertz CT molecular complexity index is 3460. The summed E-state index contributed by atoms with van der Waals surface area (Å²) < 4.78 is 4.73. The van der Waals surface area contributed by atoms with E-state index < -0.39 is 0 Å². The lowest BCUT2D eigenvalue weighted by Gasteiger charge is -2.23. The highest BCUT2D eigenvalue weighted by Gasteiger charge is 2.26. The van der Waals surface area contributed by atoms with Crippen molar-refractivity contribution in [1.82, 2.24) is 29.4 Å². The van der Waals surface area contributed by atoms with E-state index in [2.05, 4.69) is 197 Å². The third kappa shape index (κ3) is 5.92. The van der Waals surface area contributed by atoms with Crippen molar-refractivity contribution in [2.24, 2.45) is 0 Å². The van der Waals surface area contributed by atoms with Crippen LogP contribution in [-0.4, -0.2) is 24.1 Å². The van der Waals surface area contributed by atoms with Gasteiger partial charge in [0.05, 0.1) is 51.1 Å². The average molecular weight is 795 g/mol. The molecule has 1 N–H and O–H groups in total. The van der Waals surface area contributed by atoms with Gasteiger partial charge in [0, 0.05) is 56.6 Å². The first kappa shape index (κ1) is 35.6. The first-order valence-electron chi connectivity index (χ1n) is 21.0. The first-order valence-corrected chi connectivity index (χ1v) is 21.0. The van der Waals surface area contributed by atoms with E-state index in [1.807, 2.05) is 36.7 Å². The molecule has 0 radical (unpaired) electrons. The molecule has 0 saturated carbocycles. The summed E-state index contributed by atoms with van der Waals surface area (Å²) in [4.78, 5) is 14.8. The predicted molar refractivity (Wildman–Crippen MR) is 253 cm³/mol. The second kappa shape index (κ2) is 14.7. The van der Waals surface area contributed by atoms with E-state index in [4.69, 9.17) is 15.0 Å². The number of para-hydroxylation sites is 2. The average Bonchev–Trinajstić information content (AvgIpc) is 3.88. The number of fused-ring (bicyclic) bond motifs is 6. The van der Waals surface area contributed by atoms with Crippen molar-refractivity contribution in [3.63, 3.8) is 0 Å². The largest absolute Gasteiger partial charge is 0.380 e. The normalized spacial score (nSPS) is 13.4. The van der Waals surface area contributed by atoms with E-state index in [1.165, 1.54) is 33.1 Å². The maximum atomic E-state index is 5.21. The number of rotatable bonds is 7. The summed E-state index contributed by atoms with van der Waals surface area (Å²) in [5.41, 5.74) is 17.1. The lowest BCUT2D eigenvalue weighted by Crippen LogP contribution is -2.20. The summed E-state index contributed by atoms with van der Waals surface area (Å²) in [6.07, 6.45) is 8.02. The Morgan fingerprint density at radius 1 is 0.435 bits per heavy atom.